The topological polar surface area (TPSA) is 93.7 Å². The van der Waals surface area contributed by atoms with Crippen LogP contribution in [0.5, 0.6) is 11.5 Å². The number of benzene rings is 2. The smallest absolute Gasteiger partial charge is 0.251 e. The van der Waals surface area contributed by atoms with Crippen molar-refractivity contribution in [3.63, 3.8) is 0 Å². The molecular formula is C22H25ClN2O5S. The van der Waals surface area contributed by atoms with Crippen molar-refractivity contribution >= 4 is 27.5 Å². The normalized spacial score (nSPS) is 16.8. The van der Waals surface area contributed by atoms with Gasteiger partial charge in [0.25, 0.3) is 5.91 Å². The van der Waals surface area contributed by atoms with Gasteiger partial charge >= 0.3 is 0 Å². The van der Waals surface area contributed by atoms with Gasteiger partial charge in [-0.2, -0.15) is 0 Å². The van der Waals surface area contributed by atoms with Crippen molar-refractivity contribution in [3.05, 3.63) is 52.5 Å². The van der Waals surface area contributed by atoms with Gasteiger partial charge in [0.15, 0.2) is 11.5 Å². The van der Waals surface area contributed by atoms with E-state index in [0.29, 0.717) is 24.7 Å². The third-order valence-electron chi connectivity index (χ3n) is 5.26. The summed E-state index contributed by atoms with van der Waals surface area (Å²) in [5, 5.41) is 3.09. The monoisotopic (exact) mass is 464 g/mol. The van der Waals surface area contributed by atoms with Gasteiger partial charge < -0.3 is 14.8 Å². The third-order valence-corrected chi connectivity index (χ3v) is 7.26. The third kappa shape index (κ3) is 4.97. The second-order valence-electron chi connectivity index (χ2n) is 8.14. The van der Waals surface area contributed by atoms with Gasteiger partial charge in [0, 0.05) is 11.6 Å². The maximum Gasteiger partial charge on any atom is 0.251 e. The number of sulfonamides is 1. The van der Waals surface area contributed by atoms with E-state index in [4.69, 9.17) is 21.1 Å². The average Bonchev–Trinajstić information content (AvgIpc) is 3.54. The molecule has 0 aromatic heterocycles. The van der Waals surface area contributed by atoms with Crippen molar-refractivity contribution in [1.29, 1.82) is 0 Å². The standard InChI is InChI=1S/C22H25ClN2O5S/c1-13(2)21(14-4-8-18-19(11-14)30-10-9-29-18)24-22(26)15-3-7-17(23)20(12-15)31(27,28)25-16-5-6-16/h3-4,7-8,11-13,16,21,25H,5-6,9-10H2,1-2H3,(H,24,26)/t21-/m1/s1. The van der Waals surface area contributed by atoms with E-state index < -0.39 is 10.0 Å². The molecule has 0 spiro atoms. The molecule has 2 N–H and O–H groups in total. The molecule has 0 bridgehead atoms. The first kappa shape index (κ1) is 21.9. The lowest BCUT2D eigenvalue weighted by Gasteiger charge is -2.25. The molecule has 1 aliphatic carbocycles. The minimum Gasteiger partial charge on any atom is -0.486 e. The van der Waals surface area contributed by atoms with Crippen LogP contribution < -0.4 is 19.5 Å². The molecule has 0 unspecified atom stereocenters. The average molecular weight is 465 g/mol. The minimum absolute atomic E-state index is 0.0564. The second kappa shape index (κ2) is 8.68. The van der Waals surface area contributed by atoms with Crippen molar-refractivity contribution in [2.45, 2.75) is 43.7 Å². The fourth-order valence-electron chi connectivity index (χ4n) is 3.45. The van der Waals surface area contributed by atoms with Gasteiger partial charge in [0.05, 0.1) is 11.1 Å². The number of hydrogen-bond acceptors (Lipinski definition) is 5. The number of nitrogens with one attached hydrogen (secondary N) is 2. The zero-order chi connectivity index (χ0) is 22.2. The molecule has 2 aromatic carbocycles. The summed E-state index contributed by atoms with van der Waals surface area (Å²) in [4.78, 5) is 12.9. The van der Waals surface area contributed by atoms with Crippen molar-refractivity contribution in [3.8, 4) is 11.5 Å². The quantitative estimate of drug-likeness (QED) is 0.652. The first-order valence-corrected chi connectivity index (χ1v) is 12.1. The van der Waals surface area contributed by atoms with Crippen LogP contribution in [0.1, 0.15) is 48.7 Å². The summed E-state index contributed by atoms with van der Waals surface area (Å²) in [6, 6.07) is 9.53. The Morgan fingerprint density at radius 1 is 1.06 bits per heavy atom. The summed E-state index contributed by atoms with van der Waals surface area (Å²) in [7, 11) is -3.78. The van der Waals surface area contributed by atoms with Gasteiger partial charge in [-0.25, -0.2) is 13.1 Å². The predicted octanol–water partition coefficient (Wildman–Crippen LogP) is 3.68. The highest BCUT2D eigenvalue weighted by molar-refractivity contribution is 7.89. The molecule has 166 valence electrons. The van der Waals surface area contributed by atoms with Gasteiger partial charge in [-0.05, 0) is 54.7 Å². The number of ether oxygens (including phenoxy) is 2. The Morgan fingerprint density at radius 2 is 1.77 bits per heavy atom. The Morgan fingerprint density at radius 3 is 2.45 bits per heavy atom. The van der Waals surface area contributed by atoms with E-state index >= 15 is 0 Å². The molecule has 4 rings (SSSR count). The largest absolute Gasteiger partial charge is 0.486 e. The van der Waals surface area contributed by atoms with Crippen LogP contribution in [-0.2, 0) is 10.0 Å². The Kier molecular flexibility index (Phi) is 6.14. The van der Waals surface area contributed by atoms with E-state index in [0.717, 1.165) is 18.4 Å². The van der Waals surface area contributed by atoms with Crippen LogP contribution in [0.3, 0.4) is 0 Å². The van der Waals surface area contributed by atoms with E-state index in [1.807, 2.05) is 32.0 Å². The minimum atomic E-state index is -3.78. The molecule has 2 aromatic rings. The summed E-state index contributed by atoms with van der Waals surface area (Å²) < 4.78 is 39.1. The van der Waals surface area contributed by atoms with Crippen molar-refractivity contribution in [2.75, 3.05) is 13.2 Å². The predicted molar refractivity (Wildman–Crippen MR) is 117 cm³/mol. The van der Waals surface area contributed by atoms with Crippen LogP contribution in [0.25, 0.3) is 0 Å². The van der Waals surface area contributed by atoms with E-state index in [1.165, 1.54) is 18.2 Å². The summed E-state index contributed by atoms with van der Waals surface area (Å²) >= 11 is 6.13. The second-order valence-corrected chi connectivity index (χ2v) is 10.2. The van der Waals surface area contributed by atoms with E-state index in [-0.39, 0.29) is 39.4 Å². The van der Waals surface area contributed by atoms with Gasteiger partial charge in [0.2, 0.25) is 10.0 Å². The number of fused-ring (bicyclic) bond motifs is 1. The number of halogens is 1. The Bertz CT molecular complexity index is 1100. The maximum absolute atomic E-state index is 13.0. The molecule has 1 heterocycles. The molecule has 7 nitrogen and oxygen atoms in total. The number of hydrogen-bond donors (Lipinski definition) is 2. The highest BCUT2D eigenvalue weighted by atomic mass is 35.5. The van der Waals surface area contributed by atoms with Crippen LogP contribution in [0.15, 0.2) is 41.3 Å². The van der Waals surface area contributed by atoms with Crippen LogP contribution in [0, 0.1) is 5.92 Å². The molecule has 1 fully saturated rings. The first-order chi connectivity index (χ1) is 14.7. The van der Waals surface area contributed by atoms with Crippen LogP contribution in [0.4, 0.5) is 0 Å². The molecule has 0 radical (unpaired) electrons. The van der Waals surface area contributed by atoms with E-state index in [9.17, 15) is 13.2 Å². The maximum atomic E-state index is 13.0. The highest BCUT2D eigenvalue weighted by Gasteiger charge is 2.30. The number of carbonyl (C=O) groups excluding carboxylic acids is 1. The van der Waals surface area contributed by atoms with Crippen LogP contribution in [0.2, 0.25) is 5.02 Å². The Labute approximate surface area is 187 Å². The Hall–Kier alpha value is -2.29. The number of rotatable bonds is 7. The lowest BCUT2D eigenvalue weighted by atomic mass is 9.95. The SMILES string of the molecule is CC(C)[C@@H](NC(=O)c1ccc(Cl)c(S(=O)(=O)NC2CC2)c1)c1ccc2c(c1)OCCO2. The summed E-state index contributed by atoms with van der Waals surface area (Å²) in [5.41, 5.74) is 1.11. The van der Waals surface area contributed by atoms with Gasteiger partial charge in [-0.3, -0.25) is 4.79 Å². The Balaban J connectivity index is 1.58. The summed E-state index contributed by atoms with van der Waals surface area (Å²) in [5.74, 6) is 1.03. The molecule has 2 aliphatic rings. The molecule has 1 saturated carbocycles. The van der Waals surface area contributed by atoms with Gasteiger partial charge in [-0.15, -0.1) is 0 Å². The first-order valence-electron chi connectivity index (χ1n) is 10.3. The summed E-state index contributed by atoms with van der Waals surface area (Å²) in [6.07, 6.45) is 1.62. The van der Waals surface area contributed by atoms with Crippen molar-refractivity contribution in [1.82, 2.24) is 10.0 Å². The van der Waals surface area contributed by atoms with Gasteiger partial charge in [-0.1, -0.05) is 31.5 Å². The molecule has 9 heteroatoms. The fraction of sp³-hybridized carbons (Fsp3) is 0.409. The van der Waals surface area contributed by atoms with E-state index in [1.54, 1.807) is 0 Å². The lowest BCUT2D eigenvalue weighted by molar-refractivity contribution is 0.0925. The van der Waals surface area contributed by atoms with Gasteiger partial charge in [0.1, 0.15) is 18.1 Å². The lowest BCUT2D eigenvalue weighted by Crippen LogP contribution is -2.32. The van der Waals surface area contributed by atoms with E-state index in [2.05, 4.69) is 10.0 Å². The van der Waals surface area contributed by atoms with Crippen molar-refractivity contribution in [2.24, 2.45) is 5.92 Å². The number of carbonyl (C=O) groups is 1. The molecule has 1 amide bonds. The van der Waals surface area contributed by atoms with Crippen LogP contribution in [-0.4, -0.2) is 33.6 Å². The zero-order valence-electron chi connectivity index (χ0n) is 17.4. The highest BCUT2D eigenvalue weighted by Crippen LogP contribution is 2.34. The fourth-order valence-corrected chi connectivity index (χ4v) is 5.28. The number of amides is 1. The molecule has 1 atom stereocenters. The summed E-state index contributed by atoms with van der Waals surface area (Å²) in [6.45, 7) is 4.98. The molecule has 0 saturated heterocycles. The van der Waals surface area contributed by atoms with Crippen LogP contribution >= 0.6 is 11.6 Å². The zero-order valence-corrected chi connectivity index (χ0v) is 18.9. The van der Waals surface area contributed by atoms with Crippen molar-refractivity contribution < 1.29 is 22.7 Å². The molecule has 31 heavy (non-hydrogen) atoms. The molecule has 1 aliphatic heterocycles. The molecular weight excluding hydrogens is 440 g/mol.